The Hall–Kier alpha value is -2.65. The number of piperidine rings is 1. The van der Waals surface area contributed by atoms with Crippen LogP contribution in [0.2, 0.25) is 0 Å². The van der Waals surface area contributed by atoms with Crippen molar-refractivity contribution in [2.24, 2.45) is 16.6 Å². The van der Waals surface area contributed by atoms with Crippen molar-refractivity contribution in [1.82, 2.24) is 9.88 Å². The number of nitroso groups, excluding NO2 is 1. The van der Waals surface area contributed by atoms with Crippen molar-refractivity contribution in [2.75, 3.05) is 30.5 Å². The highest BCUT2D eigenvalue weighted by Gasteiger charge is 2.41. The van der Waals surface area contributed by atoms with E-state index < -0.39 is 18.5 Å². The molecule has 2 aliphatic heterocycles. The molecule has 2 bridgehead atoms. The van der Waals surface area contributed by atoms with Crippen LogP contribution in [0.15, 0.2) is 23.5 Å². The molecule has 3 heterocycles. The number of aromatic nitrogens is 1. The van der Waals surface area contributed by atoms with Gasteiger partial charge in [0.05, 0.1) is 22.7 Å². The molecule has 7 nitrogen and oxygen atoms in total. The second kappa shape index (κ2) is 8.47. The van der Waals surface area contributed by atoms with E-state index in [0.29, 0.717) is 30.2 Å². The van der Waals surface area contributed by atoms with Gasteiger partial charge in [-0.1, -0.05) is 26.8 Å². The molecule has 1 amide bonds. The predicted molar refractivity (Wildman–Crippen MR) is 113 cm³/mol. The van der Waals surface area contributed by atoms with Gasteiger partial charge in [-0.05, 0) is 36.0 Å². The number of nitrogens with zero attached hydrogens (tertiary/aromatic N) is 4. The Morgan fingerprint density at radius 1 is 1.29 bits per heavy atom. The number of alkyl halides is 3. The number of fused-ring (bicyclic) bond motifs is 2. The first-order chi connectivity index (χ1) is 14.4. The molecule has 0 radical (unpaired) electrons. The zero-order valence-electron chi connectivity index (χ0n) is 18.2. The number of hydrogen-bond acceptors (Lipinski definition) is 5. The van der Waals surface area contributed by atoms with E-state index in [4.69, 9.17) is 0 Å². The lowest BCUT2D eigenvalue weighted by atomic mass is 9.78. The molecule has 0 saturated carbocycles. The maximum Gasteiger partial charge on any atom is 0.397 e. The number of rotatable bonds is 6. The van der Waals surface area contributed by atoms with Gasteiger partial charge in [0.1, 0.15) is 6.42 Å². The van der Waals surface area contributed by atoms with Gasteiger partial charge < -0.3 is 10.2 Å². The molecule has 1 aromatic rings. The fourth-order valence-corrected chi connectivity index (χ4v) is 4.01. The molecule has 0 spiro atoms. The van der Waals surface area contributed by atoms with Crippen LogP contribution in [-0.4, -0.2) is 48.1 Å². The van der Waals surface area contributed by atoms with E-state index in [1.54, 1.807) is 0 Å². The van der Waals surface area contributed by atoms with E-state index in [1.165, 1.54) is 11.9 Å². The molecule has 3 aliphatic rings. The zero-order chi connectivity index (χ0) is 23.0. The number of anilines is 2. The topological polar surface area (TPSA) is 77.9 Å². The van der Waals surface area contributed by atoms with Gasteiger partial charge >= 0.3 is 6.18 Å². The molecule has 170 valence electrons. The second-order valence-electron chi connectivity index (χ2n) is 9.39. The summed E-state index contributed by atoms with van der Waals surface area (Å²) in [6.45, 7) is 7.15. The number of carbonyl (C=O) groups is 1. The number of hydrogen-bond donors (Lipinski definition) is 1. The normalized spacial score (nSPS) is 21.0. The summed E-state index contributed by atoms with van der Waals surface area (Å²) in [5.74, 6) is -0.604. The standard InChI is InChI=1S/C21H28F3N5O2/c1-20(2,3)12-25-17-8-7-16(26-19(17)28(4)27-31)15-9-14-6-5-13(15)11-29(14)18(30)10-21(22,23)24/h7-9,13-14,25H,5-6,10-12H2,1-4H3. The van der Waals surface area contributed by atoms with Crippen molar-refractivity contribution < 1.29 is 18.0 Å². The molecular weight excluding hydrogens is 411 g/mol. The summed E-state index contributed by atoms with van der Waals surface area (Å²) >= 11 is 0. The lowest BCUT2D eigenvalue weighted by Crippen LogP contribution is -2.50. The van der Waals surface area contributed by atoms with Gasteiger partial charge in [0.2, 0.25) is 5.91 Å². The van der Waals surface area contributed by atoms with Crippen LogP contribution in [0.5, 0.6) is 0 Å². The van der Waals surface area contributed by atoms with Crippen molar-refractivity contribution in [1.29, 1.82) is 0 Å². The number of pyridine rings is 1. The number of amides is 1. The average Bonchev–Trinajstić information content (AvgIpc) is 2.70. The highest BCUT2D eigenvalue weighted by molar-refractivity contribution is 5.81. The second-order valence-corrected chi connectivity index (χ2v) is 9.39. The fraction of sp³-hybridized carbons (Fsp3) is 0.619. The minimum atomic E-state index is -4.51. The molecule has 1 N–H and O–H groups in total. The lowest BCUT2D eigenvalue weighted by molar-refractivity contribution is -0.163. The third-order valence-electron chi connectivity index (χ3n) is 5.52. The lowest BCUT2D eigenvalue weighted by Gasteiger charge is -2.44. The summed E-state index contributed by atoms with van der Waals surface area (Å²) < 4.78 is 38.0. The van der Waals surface area contributed by atoms with Crippen molar-refractivity contribution in [3.63, 3.8) is 0 Å². The first-order valence-electron chi connectivity index (χ1n) is 10.3. The summed E-state index contributed by atoms with van der Waals surface area (Å²) in [6, 6.07) is 3.29. The average molecular weight is 439 g/mol. The van der Waals surface area contributed by atoms with Gasteiger partial charge in [-0.2, -0.15) is 13.2 Å². The predicted octanol–water partition coefficient (Wildman–Crippen LogP) is 4.61. The summed E-state index contributed by atoms with van der Waals surface area (Å²) in [5, 5.41) is 7.41. The molecule has 1 fully saturated rings. The molecule has 1 saturated heterocycles. The summed E-state index contributed by atoms with van der Waals surface area (Å²) in [7, 11) is 1.51. The Kier molecular flexibility index (Phi) is 6.29. The van der Waals surface area contributed by atoms with E-state index >= 15 is 0 Å². The first-order valence-corrected chi connectivity index (χ1v) is 10.3. The maximum atomic E-state index is 12.7. The van der Waals surface area contributed by atoms with Crippen LogP contribution in [0, 0.1) is 16.2 Å². The van der Waals surface area contributed by atoms with E-state index in [0.717, 1.165) is 17.0 Å². The number of nitrogens with one attached hydrogen (secondary N) is 1. The van der Waals surface area contributed by atoms with Gasteiger partial charge in [0.25, 0.3) is 0 Å². The highest BCUT2D eigenvalue weighted by atomic mass is 19.4. The van der Waals surface area contributed by atoms with E-state index in [9.17, 15) is 22.9 Å². The summed E-state index contributed by atoms with van der Waals surface area (Å²) in [4.78, 5) is 29.2. The van der Waals surface area contributed by atoms with Crippen LogP contribution in [0.1, 0.15) is 45.7 Å². The third kappa shape index (κ3) is 5.54. The van der Waals surface area contributed by atoms with Gasteiger partial charge in [-0.25, -0.2) is 9.99 Å². The minimum absolute atomic E-state index is 0.0145. The van der Waals surface area contributed by atoms with Crippen molar-refractivity contribution in [2.45, 2.75) is 52.3 Å². The van der Waals surface area contributed by atoms with Crippen molar-refractivity contribution in [3.05, 3.63) is 28.8 Å². The fourth-order valence-electron chi connectivity index (χ4n) is 4.01. The Labute approximate surface area is 179 Å². The number of carbonyl (C=O) groups excluding carboxylic acids is 1. The molecule has 1 aromatic heterocycles. The number of halogens is 3. The Morgan fingerprint density at radius 3 is 2.55 bits per heavy atom. The van der Waals surface area contributed by atoms with Crippen molar-refractivity contribution in [3.8, 4) is 0 Å². The van der Waals surface area contributed by atoms with Crippen LogP contribution in [0.3, 0.4) is 0 Å². The van der Waals surface area contributed by atoms with E-state index in [1.807, 2.05) is 18.2 Å². The van der Waals surface area contributed by atoms with E-state index in [-0.39, 0.29) is 23.9 Å². The van der Waals surface area contributed by atoms with E-state index in [2.05, 4.69) is 36.4 Å². The quantitative estimate of drug-likeness (QED) is 0.517. The van der Waals surface area contributed by atoms with Gasteiger partial charge in [-0.15, -0.1) is 4.91 Å². The molecular formula is C21H28F3N5O2. The Bertz CT molecular complexity index is 879. The third-order valence-corrected chi connectivity index (χ3v) is 5.52. The maximum absolute atomic E-state index is 12.7. The van der Waals surface area contributed by atoms with Crippen LogP contribution in [-0.2, 0) is 4.79 Å². The molecule has 2 atom stereocenters. The SMILES string of the molecule is CN(N=O)c1nc(C2=CC3CCC2CN3C(=O)CC(F)(F)F)ccc1NCC(C)(C)C. The summed E-state index contributed by atoms with van der Waals surface area (Å²) in [6.07, 6.45) is -2.71. The molecule has 2 unspecified atom stereocenters. The zero-order valence-corrected chi connectivity index (χ0v) is 18.2. The molecule has 10 heteroatoms. The Morgan fingerprint density at radius 2 is 2.00 bits per heavy atom. The molecule has 4 rings (SSSR count). The van der Waals surface area contributed by atoms with Gasteiger partial charge in [0.15, 0.2) is 5.82 Å². The summed E-state index contributed by atoms with van der Waals surface area (Å²) in [5.41, 5.74) is 2.23. The van der Waals surface area contributed by atoms with Crippen LogP contribution < -0.4 is 10.3 Å². The van der Waals surface area contributed by atoms with Gasteiger partial charge in [-0.3, -0.25) is 4.79 Å². The van der Waals surface area contributed by atoms with Crippen molar-refractivity contribution >= 4 is 23.0 Å². The monoisotopic (exact) mass is 439 g/mol. The van der Waals surface area contributed by atoms with Crippen LogP contribution in [0.25, 0.3) is 5.57 Å². The smallest absolute Gasteiger partial charge is 0.381 e. The molecule has 0 aromatic carbocycles. The molecule has 1 aliphatic carbocycles. The van der Waals surface area contributed by atoms with Crippen LogP contribution in [0.4, 0.5) is 24.7 Å². The largest absolute Gasteiger partial charge is 0.397 e. The highest BCUT2D eigenvalue weighted by Crippen LogP contribution is 2.41. The molecule has 31 heavy (non-hydrogen) atoms. The van der Waals surface area contributed by atoms with Gasteiger partial charge in [0, 0.05) is 26.1 Å². The van der Waals surface area contributed by atoms with Crippen LogP contribution >= 0.6 is 0 Å². The first kappa shape index (κ1) is 23.0. The minimum Gasteiger partial charge on any atom is -0.381 e. The Balaban J connectivity index is 1.86.